The molecule has 1 aromatic heterocycles. The Balaban J connectivity index is 1.89. The van der Waals surface area contributed by atoms with Gasteiger partial charge in [0, 0.05) is 26.1 Å². The second-order valence-electron chi connectivity index (χ2n) is 5.33. The number of nitrogens with zero attached hydrogens (tertiary/aromatic N) is 5. The maximum absolute atomic E-state index is 13.8. The van der Waals surface area contributed by atoms with Gasteiger partial charge in [-0.1, -0.05) is 6.07 Å². The van der Waals surface area contributed by atoms with E-state index in [0.717, 1.165) is 31.8 Å². The van der Waals surface area contributed by atoms with Crippen molar-refractivity contribution < 1.29 is 4.39 Å². The number of anilines is 1. The third-order valence-electron chi connectivity index (χ3n) is 3.98. The standard InChI is InChI=1S/C15H16FN5/c1-20-10-18-19-15(20)11-4-3-7-21(9-11)14-6-2-5-13(16)12(14)8-17/h2,5-6,10-11H,3-4,7,9H2,1H3. The molecule has 0 saturated carbocycles. The van der Waals surface area contributed by atoms with Crippen LogP contribution in [-0.4, -0.2) is 27.9 Å². The number of hydrogen-bond donors (Lipinski definition) is 0. The molecule has 2 heterocycles. The van der Waals surface area contributed by atoms with Crippen LogP contribution in [0.25, 0.3) is 0 Å². The first-order valence-corrected chi connectivity index (χ1v) is 6.98. The topological polar surface area (TPSA) is 57.7 Å². The highest BCUT2D eigenvalue weighted by atomic mass is 19.1. The zero-order valence-corrected chi connectivity index (χ0v) is 11.8. The first-order chi connectivity index (χ1) is 10.2. The Bertz CT molecular complexity index is 688. The summed E-state index contributed by atoms with van der Waals surface area (Å²) in [6.07, 6.45) is 3.70. The minimum atomic E-state index is -0.462. The molecule has 5 nitrogen and oxygen atoms in total. The predicted octanol–water partition coefficient (Wildman–Crippen LogP) is 2.21. The fourth-order valence-corrected chi connectivity index (χ4v) is 2.96. The van der Waals surface area contributed by atoms with Crippen molar-refractivity contribution in [2.45, 2.75) is 18.8 Å². The van der Waals surface area contributed by atoms with Gasteiger partial charge < -0.3 is 9.47 Å². The molecule has 0 bridgehead atoms. The molecule has 1 saturated heterocycles. The Morgan fingerprint density at radius 2 is 2.29 bits per heavy atom. The van der Waals surface area contributed by atoms with Crippen LogP contribution in [0.5, 0.6) is 0 Å². The second-order valence-corrected chi connectivity index (χ2v) is 5.33. The summed E-state index contributed by atoms with van der Waals surface area (Å²) in [4.78, 5) is 2.07. The molecular weight excluding hydrogens is 269 g/mol. The van der Waals surface area contributed by atoms with Crippen LogP contribution in [0.15, 0.2) is 24.5 Å². The highest BCUT2D eigenvalue weighted by Gasteiger charge is 2.26. The third kappa shape index (κ3) is 2.47. The monoisotopic (exact) mass is 285 g/mol. The van der Waals surface area contributed by atoms with E-state index in [1.165, 1.54) is 6.07 Å². The number of hydrogen-bond acceptors (Lipinski definition) is 4. The molecule has 2 aromatic rings. The summed E-state index contributed by atoms with van der Waals surface area (Å²) in [5.74, 6) is 0.728. The van der Waals surface area contributed by atoms with E-state index in [1.54, 1.807) is 18.5 Å². The molecule has 0 amide bonds. The molecule has 1 unspecified atom stereocenters. The Morgan fingerprint density at radius 1 is 1.43 bits per heavy atom. The Labute approximate surface area is 122 Å². The zero-order chi connectivity index (χ0) is 14.8. The van der Waals surface area contributed by atoms with E-state index >= 15 is 0 Å². The molecule has 6 heteroatoms. The van der Waals surface area contributed by atoms with E-state index in [-0.39, 0.29) is 11.5 Å². The van der Waals surface area contributed by atoms with E-state index < -0.39 is 5.82 Å². The quantitative estimate of drug-likeness (QED) is 0.849. The molecule has 0 spiro atoms. The molecule has 108 valence electrons. The lowest BCUT2D eigenvalue weighted by Gasteiger charge is -2.34. The number of piperidine rings is 1. The fraction of sp³-hybridized carbons (Fsp3) is 0.400. The summed E-state index contributed by atoms with van der Waals surface area (Å²) in [5.41, 5.74) is 0.792. The smallest absolute Gasteiger partial charge is 0.143 e. The fourth-order valence-electron chi connectivity index (χ4n) is 2.96. The highest BCUT2D eigenvalue weighted by Crippen LogP contribution is 2.31. The summed E-state index contributed by atoms with van der Waals surface area (Å²) in [6.45, 7) is 1.55. The third-order valence-corrected chi connectivity index (χ3v) is 3.98. The van der Waals surface area contributed by atoms with Crippen LogP contribution < -0.4 is 4.90 Å². The van der Waals surface area contributed by atoms with E-state index in [9.17, 15) is 9.65 Å². The molecule has 1 aromatic carbocycles. The van der Waals surface area contributed by atoms with Gasteiger partial charge in [0.05, 0.1) is 5.69 Å². The van der Waals surface area contributed by atoms with Gasteiger partial charge >= 0.3 is 0 Å². The second kappa shape index (κ2) is 5.52. The summed E-state index contributed by atoms with van der Waals surface area (Å²) in [7, 11) is 1.93. The Hall–Kier alpha value is -2.42. The van der Waals surface area contributed by atoms with Gasteiger partial charge in [0.25, 0.3) is 0 Å². The molecule has 0 radical (unpaired) electrons. The molecule has 21 heavy (non-hydrogen) atoms. The van der Waals surface area contributed by atoms with Crippen molar-refractivity contribution in [3.8, 4) is 6.07 Å². The van der Waals surface area contributed by atoms with Crippen LogP contribution in [0.4, 0.5) is 10.1 Å². The lowest BCUT2D eigenvalue weighted by molar-refractivity contribution is 0.479. The number of nitriles is 1. The number of aryl methyl sites for hydroxylation is 1. The van der Waals surface area contributed by atoms with Crippen LogP contribution in [0.1, 0.15) is 30.1 Å². The van der Waals surface area contributed by atoms with Crippen LogP contribution in [0.2, 0.25) is 0 Å². The number of rotatable bonds is 2. The van der Waals surface area contributed by atoms with Crippen LogP contribution in [0.3, 0.4) is 0 Å². The van der Waals surface area contributed by atoms with E-state index in [2.05, 4.69) is 15.1 Å². The number of aromatic nitrogens is 3. The SMILES string of the molecule is Cn1cnnc1C1CCCN(c2cccc(F)c2C#N)C1. The molecule has 1 atom stereocenters. The highest BCUT2D eigenvalue weighted by molar-refractivity contribution is 5.60. The molecule has 1 aliphatic heterocycles. The summed E-state index contributed by atoms with van der Waals surface area (Å²) < 4.78 is 15.7. The predicted molar refractivity (Wildman–Crippen MR) is 76.3 cm³/mol. The summed E-state index contributed by atoms with van der Waals surface area (Å²) in [6, 6.07) is 6.75. The summed E-state index contributed by atoms with van der Waals surface area (Å²) in [5, 5.41) is 17.3. The van der Waals surface area contributed by atoms with Crippen molar-refractivity contribution in [3.05, 3.63) is 41.7 Å². The van der Waals surface area contributed by atoms with Gasteiger partial charge in [-0.25, -0.2) is 4.39 Å². The van der Waals surface area contributed by atoms with Gasteiger partial charge in [-0.2, -0.15) is 5.26 Å². The minimum absolute atomic E-state index is 0.121. The van der Waals surface area contributed by atoms with Gasteiger partial charge in [0.15, 0.2) is 0 Å². The maximum atomic E-state index is 13.8. The van der Waals surface area contributed by atoms with Crippen molar-refractivity contribution in [1.82, 2.24) is 14.8 Å². The zero-order valence-electron chi connectivity index (χ0n) is 11.8. The molecule has 3 rings (SSSR count). The largest absolute Gasteiger partial charge is 0.370 e. The Morgan fingerprint density at radius 3 is 3.00 bits per heavy atom. The van der Waals surface area contributed by atoms with E-state index in [1.807, 2.05) is 17.7 Å². The van der Waals surface area contributed by atoms with Gasteiger partial charge in [0.1, 0.15) is 29.6 Å². The van der Waals surface area contributed by atoms with Crippen LogP contribution in [-0.2, 0) is 7.05 Å². The van der Waals surface area contributed by atoms with Crippen LogP contribution in [0, 0.1) is 17.1 Å². The average Bonchev–Trinajstić information content (AvgIpc) is 2.93. The van der Waals surface area contributed by atoms with E-state index in [0.29, 0.717) is 5.69 Å². The van der Waals surface area contributed by atoms with E-state index in [4.69, 9.17) is 0 Å². The van der Waals surface area contributed by atoms with Crippen molar-refractivity contribution in [2.75, 3.05) is 18.0 Å². The van der Waals surface area contributed by atoms with Crippen molar-refractivity contribution >= 4 is 5.69 Å². The molecule has 0 N–H and O–H groups in total. The van der Waals surface area contributed by atoms with Gasteiger partial charge in [-0.05, 0) is 25.0 Å². The van der Waals surface area contributed by atoms with Crippen molar-refractivity contribution in [3.63, 3.8) is 0 Å². The summed E-state index contributed by atoms with van der Waals surface area (Å²) >= 11 is 0. The minimum Gasteiger partial charge on any atom is -0.370 e. The molecular formula is C15H16FN5. The van der Waals surface area contributed by atoms with Gasteiger partial charge in [-0.3, -0.25) is 0 Å². The first kappa shape index (κ1) is 13.6. The van der Waals surface area contributed by atoms with Crippen molar-refractivity contribution in [1.29, 1.82) is 5.26 Å². The molecule has 1 aliphatic rings. The number of halogens is 1. The normalized spacial score (nSPS) is 18.5. The lowest BCUT2D eigenvalue weighted by Crippen LogP contribution is -2.35. The number of benzene rings is 1. The molecule has 1 fully saturated rings. The van der Waals surface area contributed by atoms with Gasteiger partial charge in [-0.15, -0.1) is 10.2 Å². The molecule has 0 aliphatic carbocycles. The average molecular weight is 285 g/mol. The van der Waals surface area contributed by atoms with Crippen molar-refractivity contribution in [2.24, 2.45) is 7.05 Å². The van der Waals surface area contributed by atoms with Gasteiger partial charge in [0.2, 0.25) is 0 Å². The maximum Gasteiger partial charge on any atom is 0.143 e. The van der Waals surface area contributed by atoms with Crippen LogP contribution >= 0.6 is 0 Å². The lowest BCUT2D eigenvalue weighted by atomic mass is 9.96. The Kier molecular flexibility index (Phi) is 3.57. The first-order valence-electron chi connectivity index (χ1n) is 6.98.